The second-order valence-electron chi connectivity index (χ2n) is 9.39. The molecule has 5 nitrogen and oxygen atoms in total. The molecule has 1 N–H and O–H groups in total. The summed E-state index contributed by atoms with van der Waals surface area (Å²) in [5, 5.41) is 3.20. The van der Waals surface area contributed by atoms with Crippen molar-refractivity contribution in [3.63, 3.8) is 0 Å². The van der Waals surface area contributed by atoms with Crippen LogP contribution in [0.2, 0.25) is 0 Å². The third-order valence-electron chi connectivity index (χ3n) is 6.96. The van der Waals surface area contributed by atoms with Gasteiger partial charge in [-0.3, -0.25) is 14.5 Å². The molecule has 4 rings (SSSR count). The lowest BCUT2D eigenvalue weighted by Gasteiger charge is -2.40. The predicted molar refractivity (Wildman–Crippen MR) is 127 cm³/mol. The number of rotatable bonds is 6. The zero-order chi connectivity index (χ0) is 22.5. The van der Waals surface area contributed by atoms with Crippen molar-refractivity contribution in [1.29, 1.82) is 0 Å². The topological polar surface area (TPSA) is 52.7 Å². The Kier molecular flexibility index (Phi) is 7.26. The molecule has 1 aliphatic heterocycles. The van der Waals surface area contributed by atoms with Crippen LogP contribution in [0.1, 0.15) is 52.7 Å². The number of carbonyl (C=O) groups is 2. The second kappa shape index (κ2) is 10.3. The number of piperazine rings is 1. The van der Waals surface area contributed by atoms with Crippen molar-refractivity contribution in [2.45, 2.75) is 52.1 Å². The molecule has 0 aromatic heterocycles. The van der Waals surface area contributed by atoms with Gasteiger partial charge < -0.3 is 10.2 Å². The van der Waals surface area contributed by atoms with Crippen LogP contribution in [0.4, 0.5) is 0 Å². The Morgan fingerprint density at radius 1 is 0.938 bits per heavy atom. The van der Waals surface area contributed by atoms with Gasteiger partial charge in [0, 0.05) is 38.3 Å². The number of nitrogens with zero attached hydrogens (tertiary/aromatic N) is 2. The number of carbonyl (C=O) groups excluding carboxylic acids is 2. The molecule has 1 heterocycles. The number of nitrogens with one attached hydrogen (secondary N) is 1. The zero-order valence-electron chi connectivity index (χ0n) is 19.3. The summed E-state index contributed by atoms with van der Waals surface area (Å²) in [4.78, 5) is 30.5. The Hall–Kier alpha value is -2.66. The molecule has 1 saturated heterocycles. The van der Waals surface area contributed by atoms with Crippen LogP contribution in [0, 0.1) is 19.8 Å². The summed E-state index contributed by atoms with van der Waals surface area (Å²) in [6, 6.07) is 16.0. The first-order valence-electron chi connectivity index (χ1n) is 11.9. The normalized spacial score (nSPS) is 18.5. The van der Waals surface area contributed by atoms with E-state index in [1.54, 1.807) is 0 Å². The summed E-state index contributed by atoms with van der Waals surface area (Å²) < 4.78 is 0. The minimum Gasteiger partial charge on any atom is -0.351 e. The standard InChI is InChI=1S/C27H35N3O2/c1-20-10-12-24(13-11-20)27(32)30-16-14-29(15-17-30)25(23-8-3-4-9-23)26(31)28-19-22-7-5-6-21(2)18-22/h5-7,10-13,18,23,25H,3-4,8-9,14-17,19H2,1-2H3,(H,28,31)/t25-/m0/s1. The summed E-state index contributed by atoms with van der Waals surface area (Å²) in [6.07, 6.45) is 4.65. The van der Waals surface area contributed by atoms with E-state index in [2.05, 4.69) is 35.3 Å². The van der Waals surface area contributed by atoms with Gasteiger partial charge >= 0.3 is 0 Å². The average Bonchev–Trinajstić information content (AvgIpc) is 3.33. The van der Waals surface area contributed by atoms with E-state index in [4.69, 9.17) is 0 Å². The molecule has 2 amide bonds. The Morgan fingerprint density at radius 2 is 1.62 bits per heavy atom. The third-order valence-corrected chi connectivity index (χ3v) is 6.96. The van der Waals surface area contributed by atoms with Gasteiger partial charge in [-0.25, -0.2) is 0 Å². The Morgan fingerprint density at radius 3 is 2.28 bits per heavy atom. The maximum Gasteiger partial charge on any atom is 0.253 e. The van der Waals surface area contributed by atoms with Crippen LogP contribution in [0.25, 0.3) is 0 Å². The van der Waals surface area contributed by atoms with E-state index in [1.807, 2.05) is 42.2 Å². The van der Waals surface area contributed by atoms with Gasteiger partial charge in [0.05, 0.1) is 6.04 Å². The molecule has 2 aromatic carbocycles. The van der Waals surface area contributed by atoms with E-state index in [0.29, 0.717) is 25.6 Å². The van der Waals surface area contributed by atoms with Crippen molar-refractivity contribution in [1.82, 2.24) is 15.1 Å². The Bertz CT molecular complexity index is 926. The molecule has 0 radical (unpaired) electrons. The molecule has 0 spiro atoms. The van der Waals surface area contributed by atoms with E-state index < -0.39 is 0 Å². The molecule has 5 heteroatoms. The Balaban J connectivity index is 1.38. The number of aryl methyl sites for hydroxylation is 2. The van der Waals surface area contributed by atoms with Gasteiger partial charge in [-0.1, -0.05) is 60.4 Å². The quantitative estimate of drug-likeness (QED) is 0.751. The third kappa shape index (κ3) is 5.39. The van der Waals surface area contributed by atoms with Gasteiger partial charge in [0.2, 0.25) is 5.91 Å². The summed E-state index contributed by atoms with van der Waals surface area (Å²) in [6.45, 7) is 7.50. The van der Waals surface area contributed by atoms with Crippen LogP contribution in [-0.2, 0) is 11.3 Å². The van der Waals surface area contributed by atoms with Gasteiger partial charge in [0.25, 0.3) is 5.91 Å². The van der Waals surface area contributed by atoms with E-state index in [0.717, 1.165) is 42.6 Å². The highest BCUT2D eigenvalue weighted by atomic mass is 16.2. The van der Waals surface area contributed by atoms with Crippen molar-refractivity contribution in [2.75, 3.05) is 26.2 Å². The van der Waals surface area contributed by atoms with Gasteiger partial charge in [-0.15, -0.1) is 0 Å². The van der Waals surface area contributed by atoms with E-state index >= 15 is 0 Å². The maximum atomic E-state index is 13.3. The average molecular weight is 434 g/mol. The number of amides is 2. The lowest BCUT2D eigenvalue weighted by atomic mass is 9.94. The van der Waals surface area contributed by atoms with Gasteiger partial charge in [0.1, 0.15) is 0 Å². The van der Waals surface area contributed by atoms with Crippen LogP contribution < -0.4 is 5.32 Å². The van der Waals surface area contributed by atoms with Crippen LogP contribution in [0.5, 0.6) is 0 Å². The van der Waals surface area contributed by atoms with Crippen LogP contribution in [-0.4, -0.2) is 53.8 Å². The van der Waals surface area contributed by atoms with Gasteiger partial charge in [-0.2, -0.15) is 0 Å². The van der Waals surface area contributed by atoms with E-state index in [-0.39, 0.29) is 17.9 Å². The molecule has 1 aliphatic carbocycles. The monoisotopic (exact) mass is 433 g/mol. The second-order valence-corrected chi connectivity index (χ2v) is 9.39. The number of hydrogen-bond acceptors (Lipinski definition) is 3. The first kappa shape index (κ1) is 22.5. The lowest BCUT2D eigenvalue weighted by Crippen LogP contribution is -2.57. The van der Waals surface area contributed by atoms with Crippen LogP contribution >= 0.6 is 0 Å². The molecular weight excluding hydrogens is 398 g/mol. The van der Waals surface area contributed by atoms with Gasteiger partial charge in [0.15, 0.2) is 0 Å². The molecule has 0 bridgehead atoms. The van der Waals surface area contributed by atoms with Gasteiger partial charge in [-0.05, 0) is 50.3 Å². The van der Waals surface area contributed by atoms with E-state index in [1.165, 1.54) is 18.4 Å². The molecule has 2 aliphatic rings. The van der Waals surface area contributed by atoms with Crippen molar-refractivity contribution in [3.05, 3.63) is 70.8 Å². The summed E-state index contributed by atoms with van der Waals surface area (Å²) >= 11 is 0. The minimum atomic E-state index is -0.0982. The number of hydrogen-bond donors (Lipinski definition) is 1. The molecule has 1 saturated carbocycles. The van der Waals surface area contributed by atoms with Crippen LogP contribution in [0.3, 0.4) is 0 Å². The first-order chi connectivity index (χ1) is 15.5. The van der Waals surface area contributed by atoms with E-state index in [9.17, 15) is 9.59 Å². The fourth-order valence-electron chi connectivity index (χ4n) is 5.15. The molecule has 2 fully saturated rings. The van der Waals surface area contributed by atoms with Crippen molar-refractivity contribution in [3.8, 4) is 0 Å². The summed E-state index contributed by atoms with van der Waals surface area (Å²) in [5.74, 6) is 0.634. The minimum absolute atomic E-state index is 0.0889. The molecule has 2 aromatic rings. The highest BCUT2D eigenvalue weighted by molar-refractivity contribution is 5.94. The smallest absolute Gasteiger partial charge is 0.253 e. The fraction of sp³-hybridized carbons (Fsp3) is 0.481. The molecule has 0 unspecified atom stereocenters. The lowest BCUT2D eigenvalue weighted by molar-refractivity contribution is -0.129. The Labute approximate surface area is 191 Å². The highest BCUT2D eigenvalue weighted by Gasteiger charge is 2.37. The summed E-state index contributed by atoms with van der Waals surface area (Å²) in [7, 11) is 0. The maximum absolute atomic E-state index is 13.3. The highest BCUT2D eigenvalue weighted by Crippen LogP contribution is 2.31. The first-order valence-corrected chi connectivity index (χ1v) is 11.9. The largest absolute Gasteiger partial charge is 0.351 e. The SMILES string of the molecule is Cc1ccc(C(=O)N2CCN([C@H](C(=O)NCc3cccc(C)c3)C3CCCC3)CC2)cc1. The summed E-state index contributed by atoms with van der Waals surface area (Å²) in [5.41, 5.74) is 4.24. The number of benzene rings is 2. The molecule has 1 atom stereocenters. The fourth-order valence-corrected chi connectivity index (χ4v) is 5.15. The molecular formula is C27H35N3O2. The van der Waals surface area contributed by atoms with Crippen molar-refractivity contribution in [2.24, 2.45) is 5.92 Å². The predicted octanol–water partition coefficient (Wildman–Crippen LogP) is 3.94. The zero-order valence-corrected chi connectivity index (χ0v) is 19.3. The molecule has 170 valence electrons. The van der Waals surface area contributed by atoms with Crippen LogP contribution in [0.15, 0.2) is 48.5 Å². The van der Waals surface area contributed by atoms with Crippen molar-refractivity contribution < 1.29 is 9.59 Å². The van der Waals surface area contributed by atoms with Crippen molar-refractivity contribution >= 4 is 11.8 Å². The molecule has 32 heavy (non-hydrogen) atoms.